The molecule has 3 heterocycles. The number of hydrogen-bond donors (Lipinski definition) is 1. The third kappa shape index (κ3) is 6.11. The maximum absolute atomic E-state index is 13.8. The van der Waals surface area contributed by atoms with E-state index < -0.39 is 5.97 Å². The summed E-state index contributed by atoms with van der Waals surface area (Å²) in [5, 5.41) is 13.7. The van der Waals surface area contributed by atoms with Crippen LogP contribution in [0.3, 0.4) is 0 Å². The highest BCUT2D eigenvalue weighted by Gasteiger charge is 2.26. The van der Waals surface area contributed by atoms with Crippen LogP contribution in [0.1, 0.15) is 76.5 Å². The fourth-order valence-electron chi connectivity index (χ4n) is 4.92. The number of nitrogens with zero attached hydrogens (tertiary/aromatic N) is 4. The molecule has 9 nitrogen and oxygen atoms in total. The van der Waals surface area contributed by atoms with Gasteiger partial charge in [-0.3, -0.25) is 19.0 Å². The molecule has 0 spiro atoms. The third-order valence-corrected chi connectivity index (χ3v) is 8.59. The lowest BCUT2D eigenvalue weighted by Crippen LogP contribution is -2.28. The molecule has 11 heteroatoms. The average Bonchev–Trinajstić information content (AvgIpc) is 3.71. The Morgan fingerprint density at radius 2 is 1.74 bits per heavy atom. The first-order valence-electron chi connectivity index (χ1n) is 14.1. The lowest BCUT2D eigenvalue weighted by Gasteiger charge is -2.14. The van der Waals surface area contributed by atoms with Crippen molar-refractivity contribution in [2.24, 2.45) is 0 Å². The number of carbonyl (C=O) groups excluding carboxylic acids is 3. The maximum atomic E-state index is 13.8. The number of aryl methyl sites for hydroxylation is 1. The van der Waals surface area contributed by atoms with E-state index in [0.717, 1.165) is 22.2 Å². The van der Waals surface area contributed by atoms with E-state index in [2.05, 4.69) is 15.5 Å². The second-order valence-electron chi connectivity index (χ2n) is 10.2. The summed E-state index contributed by atoms with van der Waals surface area (Å²) in [5.74, 6) is 0.118. The first kappa shape index (κ1) is 30.2. The molecule has 2 aromatic carbocycles. The molecule has 0 aliphatic rings. The van der Waals surface area contributed by atoms with E-state index in [1.807, 2.05) is 55.7 Å². The number of para-hydroxylation sites is 1. The first-order chi connectivity index (χ1) is 20.7. The Morgan fingerprint density at radius 1 is 1.00 bits per heavy atom. The number of esters is 1. The van der Waals surface area contributed by atoms with Gasteiger partial charge in [-0.2, -0.15) is 0 Å². The van der Waals surface area contributed by atoms with Crippen LogP contribution in [0, 0.1) is 0 Å². The quantitative estimate of drug-likeness (QED) is 0.137. The summed E-state index contributed by atoms with van der Waals surface area (Å²) < 4.78 is 8.67. The van der Waals surface area contributed by atoms with Crippen LogP contribution in [0.25, 0.3) is 15.9 Å². The highest BCUT2D eigenvalue weighted by molar-refractivity contribution is 7.15. The summed E-state index contributed by atoms with van der Waals surface area (Å²) in [7, 11) is 0. The standard InChI is InChI=1S/C32H32ClN5O4S/c1-5-21-16-23(29(40)22-12-8-9-13-24(22)33)32(43-21)38-27(35-36-30(38)19(3)4)17-34-31(41)26-15-20-11-7-10-14-25(20)37(26)18-28(39)42-6-2/h7-16,19H,5-6,17-18H2,1-4H3,(H,34,41). The highest BCUT2D eigenvalue weighted by atomic mass is 35.5. The zero-order chi connectivity index (χ0) is 30.7. The van der Waals surface area contributed by atoms with Gasteiger partial charge in [0.05, 0.1) is 23.7 Å². The number of rotatable bonds is 11. The predicted molar refractivity (Wildman–Crippen MR) is 167 cm³/mol. The number of hydrogen-bond acceptors (Lipinski definition) is 7. The van der Waals surface area contributed by atoms with Crippen LogP contribution >= 0.6 is 22.9 Å². The molecule has 0 saturated heterocycles. The number of halogens is 1. The summed E-state index contributed by atoms with van der Waals surface area (Å²) in [6, 6.07) is 18.1. The van der Waals surface area contributed by atoms with Crippen molar-refractivity contribution in [3.05, 3.63) is 99.0 Å². The van der Waals surface area contributed by atoms with Crippen LogP contribution in [0.2, 0.25) is 5.02 Å². The molecule has 0 fully saturated rings. The van der Waals surface area contributed by atoms with Gasteiger partial charge in [0.1, 0.15) is 23.1 Å². The van der Waals surface area contributed by atoms with Gasteiger partial charge >= 0.3 is 5.97 Å². The van der Waals surface area contributed by atoms with Crippen LogP contribution in [0.4, 0.5) is 0 Å². The van der Waals surface area contributed by atoms with Crippen LogP contribution in [-0.2, 0) is 29.0 Å². The van der Waals surface area contributed by atoms with E-state index in [9.17, 15) is 14.4 Å². The zero-order valence-electron chi connectivity index (χ0n) is 24.4. The maximum Gasteiger partial charge on any atom is 0.325 e. The van der Waals surface area contributed by atoms with Crippen LogP contribution in [-0.4, -0.2) is 43.6 Å². The van der Waals surface area contributed by atoms with Gasteiger partial charge in [0, 0.05) is 27.3 Å². The summed E-state index contributed by atoms with van der Waals surface area (Å²) in [4.78, 5) is 40.8. The van der Waals surface area contributed by atoms with Crippen molar-refractivity contribution in [1.82, 2.24) is 24.6 Å². The van der Waals surface area contributed by atoms with Crippen LogP contribution in [0.5, 0.6) is 0 Å². The molecule has 1 N–H and O–H groups in total. The van der Waals surface area contributed by atoms with Gasteiger partial charge in [-0.25, -0.2) is 0 Å². The lowest BCUT2D eigenvalue weighted by molar-refractivity contribution is -0.143. The molecule has 0 unspecified atom stereocenters. The molecule has 43 heavy (non-hydrogen) atoms. The number of benzene rings is 2. The van der Waals surface area contributed by atoms with E-state index in [1.165, 1.54) is 11.3 Å². The smallest absolute Gasteiger partial charge is 0.325 e. The number of nitrogens with one attached hydrogen (secondary N) is 1. The molecule has 0 aliphatic heterocycles. The van der Waals surface area contributed by atoms with Crippen molar-refractivity contribution in [2.75, 3.05) is 6.61 Å². The van der Waals surface area contributed by atoms with Gasteiger partial charge in [0.15, 0.2) is 11.6 Å². The molecule has 5 rings (SSSR count). The van der Waals surface area contributed by atoms with Gasteiger partial charge in [-0.05, 0) is 43.7 Å². The van der Waals surface area contributed by atoms with Crippen molar-refractivity contribution in [1.29, 1.82) is 0 Å². The minimum absolute atomic E-state index is 0.0143. The van der Waals surface area contributed by atoms with E-state index in [4.69, 9.17) is 16.3 Å². The minimum Gasteiger partial charge on any atom is -0.465 e. The Kier molecular flexibility index (Phi) is 9.08. The second kappa shape index (κ2) is 12.9. The molecule has 1 amide bonds. The largest absolute Gasteiger partial charge is 0.465 e. The second-order valence-corrected chi connectivity index (χ2v) is 11.7. The lowest BCUT2D eigenvalue weighted by atomic mass is 10.0. The SMILES string of the molecule is CCOC(=O)Cn1c(C(=O)NCc2nnc(C(C)C)n2-c2sc(CC)cc2C(=O)c2ccccc2Cl)cc2ccccc21. The predicted octanol–water partition coefficient (Wildman–Crippen LogP) is 6.35. The molecular formula is C32H32ClN5O4S. The van der Waals surface area contributed by atoms with Gasteiger partial charge < -0.3 is 14.6 Å². The molecule has 0 aliphatic carbocycles. The molecule has 5 aromatic rings. The highest BCUT2D eigenvalue weighted by Crippen LogP contribution is 2.33. The van der Waals surface area contributed by atoms with Gasteiger partial charge in [0.2, 0.25) is 0 Å². The fraction of sp³-hybridized carbons (Fsp3) is 0.281. The summed E-state index contributed by atoms with van der Waals surface area (Å²) in [5.41, 5.74) is 1.98. The number of fused-ring (bicyclic) bond motifs is 1. The molecule has 0 atom stereocenters. The summed E-state index contributed by atoms with van der Waals surface area (Å²) in [6.45, 7) is 7.97. The Hall–Kier alpha value is -4.28. The molecule has 3 aromatic heterocycles. The topological polar surface area (TPSA) is 108 Å². The van der Waals surface area contributed by atoms with E-state index >= 15 is 0 Å². The van der Waals surface area contributed by atoms with Crippen LogP contribution < -0.4 is 5.32 Å². The molecular weight excluding hydrogens is 586 g/mol. The Morgan fingerprint density at radius 3 is 2.47 bits per heavy atom. The third-order valence-electron chi connectivity index (χ3n) is 6.99. The summed E-state index contributed by atoms with van der Waals surface area (Å²) >= 11 is 7.90. The minimum atomic E-state index is -0.431. The molecule has 0 radical (unpaired) electrons. The molecule has 222 valence electrons. The monoisotopic (exact) mass is 617 g/mol. The zero-order valence-corrected chi connectivity index (χ0v) is 26.0. The van der Waals surface area contributed by atoms with Crippen molar-refractivity contribution in [3.63, 3.8) is 0 Å². The average molecular weight is 618 g/mol. The van der Waals surface area contributed by atoms with E-state index in [1.54, 1.807) is 41.8 Å². The Bertz CT molecular complexity index is 1820. The number of ketones is 1. The van der Waals surface area contributed by atoms with Crippen molar-refractivity contribution < 1.29 is 19.1 Å². The molecule has 0 bridgehead atoms. The van der Waals surface area contributed by atoms with Crippen molar-refractivity contribution in [2.45, 2.75) is 53.1 Å². The number of thiophene rings is 1. The van der Waals surface area contributed by atoms with Gasteiger partial charge in [-0.15, -0.1) is 21.5 Å². The summed E-state index contributed by atoms with van der Waals surface area (Å²) in [6.07, 6.45) is 0.740. The number of carbonyl (C=O) groups is 3. The van der Waals surface area contributed by atoms with Gasteiger partial charge in [-0.1, -0.05) is 62.7 Å². The Balaban J connectivity index is 1.51. The van der Waals surface area contributed by atoms with Crippen molar-refractivity contribution in [3.8, 4) is 5.00 Å². The Labute approximate surface area is 258 Å². The van der Waals surface area contributed by atoms with Gasteiger partial charge in [0.25, 0.3) is 5.91 Å². The van der Waals surface area contributed by atoms with Crippen LogP contribution in [0.15, 0.2) is 60.7 Å². The fourth-order valence-corrected chi connectivity index (χ4v) is 6.26. The van der Waals surface area contributed by atoms with E-state index in [-0.39, 0.29) is 37.3 Å². The normalized spacial score (nSPS) is 11.3. The number of ether oxygens (including phenoxy) is 1. The van der Waals surface area contributed by atoms with E-state index in [0.29, 0.717) is 38.5 Å². The number of aromatic nitrogens is 4. The number of amides is 1. The molecule has 0 saturated carbocycles. The first-order valence-corrected chi connectivity index (χ1v) is 15.3. The van der Waals surface area contributed by atoms with Crippen molar-refractivity contribution >= 4 is 51.5 Å².